The van der Waals surface area contributed by atoms with Crippen LogP contribution in [-0.4, -0.2) is 18.0 Å². The monoisotopic (exact) mass is 272 g/mol. The molecule has 0 bridgehead atoms. The van der Waals surface area contributed by atoms with E-state index in [0.29, 0.717) is 6.54 Å². The van der Waals surface area contributed by atoms with Crippen LogP contribution in [0.5, 0.6) is 0 Å². The van der Waals surface area contributed by atoms with E-state index in [2.05, 4.69) is 24.0 Å². The Hall–Kier alpha value is -1.32. The zero-order valence-corrected chi connectivity index (χ0v) is 12.3. The van der Waals surface area contributed by atoms with Crippen molar-refractivity contribution < 1.29 is 4.42 Å². The molecule has 20 heavy (non-hydrogen) atoms. The van der Waals surface area contributed by atoms with Crippen LogP contribution in [-0.2, 0) is 13.1 Å². The summed E-state index contributed by atoms with van der Waals surface area (Å²) in [5, 5.41) is 1.18. The maximum atomic E-state index is 6.04. The normalized spacial score (nSPS) is 20.6. The summed E-state index contributed by atoms with van der Waals surface area (Å²) in [6, 6.07) is 8.21. The number of hydrogen-bond donors (Lipinski definition) is 1. The number of hydrogen-bond acceptors (Lipinski definition) is 3. The van der Waals surface area contributed by atoms with Crippen molar-refractivity contribution in [3.63, 3.8) is 0 Å². The van der Waals surface area contributed by atoms with Crippen molar-refractivity contribution in [1.29, 1.82) is 0 Å². The fraction of sp³-hybridized carbons (Fsp3) is 0.529. The minimum Gasteiger partial charge on any atom is -0.459 e. The van der Waals surface area contributed by atoms with Crippen molar-refractivity contribution in [1.82, 2.24) is 4.90 Å². The minimum atomic E-state index is 0.553. The van der Waals surface area contributed by atoms with E-state index in [1.54, 1.807) is 0 Å². The molecule has 1 aromatic heterocycles. The van der Waals surface area contributed by atoms with E-state index in [1.165, 1.54) is 43.3 Å². The van der Waals surface area contributed by atoms with Crippen molar-refractivity contribution in [2.24, 2.45) is 11.7 Å². The molecule has 0 amide bonds. The van der Waals surface area contributed by atoms with Crippen molar-refractivity contribution in [3.8, 4) is 0 Å². The zero-order chi connectivity index (χ0) is 13.9. The van der Waals surface area contributed by atoms with Gasteiger partial charge in [-0.2, -0.15) is 0 Å². The first kappa shape index (κ1) is 13.7. The molecular weight excluding hydrogens is 248 g/mol. The van der Waals surface area contributed by atoms with Gasteiger partial charge in [-0.15, -0.1) is 0 Å². The number of likely N-dealkylation sites (tertiary alicyclic amines) is 1. The average molecular weight is 272 g/mol. The highest BCUT2D eigenvalue weighted by molar-refractivity contribution is 5.82. The van der Waals surface area contributed by atoms with Crippen LogP contribution < -0.4 is 5.73 Å². The summed E-state index contributed by atoms with van der Waals surface area (Å²) in [5.41, 5.74) is 8.09. The van der Waals surface area contributed by atoms with Crippen molar-refractivity contribution in [2.75, 3.05) is 13.1 Å². The molecule has 0 spiro atoms. The van der Waals surface area contributed by atoms with E-state index in [9.17, 15) is 0 Å². The number of fused-ring (bicyclic) bond motifs is 1. The Morgan fingerprint density at radius 1 is 1.35 bits per heavy atom. The standard InChI is InChI=1S/C17H24N2O/c1-2-13-6-5-9-19(11-13)12-17-15(10-18)14-7-3-4-8-16(14)20-17/h3-4,7-8,13H,2,5-6,9-12,18H2,1H3. The van der Waals surface area contributed by atoms with Gasteiger partial charge in [-0.05, 0) is 31.4 Å². The lowest BCUT2D eigenvalue weighted by atomic mass is 9.95. The predicted octanol–water partition coefficient (Wildman–Crippen LogP) is 3.51. The molecule has 1 aromatic carbocycles. The summed E-state index contributed by atoms with van der Waals surface area (Å²) in [4.78, 5) is 2.52. The second-order valence-corrected chi connectivity index (χ2v) is 5.86. The summed E-state index contributed by atoms with van der Waals surface area (Å²) >= 11 is 0. The lowest BCUT2D eigenvalue weighted by Gasteiger charge is -2.31. The first-order valence-corrected chi connectivity index (χ1v) is 7.73. The highest BCUT2D eigenvalue weighted by atomic mass is 16.3. The third-order valence-electron chi connectivity index (χ3n) is 4.53. The average Bonchev–Trinajstić information content (AvgIpc) is 2.84. The summed E-state index contributed by atoms with van der Waals surface area (Å²) in [5.74, 6) is 1.90. The number of furan rings is 1. The smallest absolute Gasteiger partial charge is 0.134 e. The van der Waals surface area contributed by atoms with Gasteiger partial charge in [-0.25, -0.2) is 0 Å². The molecule has 3 rings (SSSR count). The Morgan fingerprint density at radius 3 is 3.00 bits per heavy atom. The fourth-order valence-corrected chi connectivity index (χ4v) is 3.33. The second kappa shape index (κ2) is 5.98. The van der Waals surface area contributed by atoms with Crippen LogP contribution in [0.1, 0.15) is 37.5 Å². The van der Waals surface area contributed by atoms with Crippen LogP contribution in [0.25, 0.3) is 11.0 Å². The molecule has 108 valence electrons. The molecule has 1 saturated heterocycles. The molecule has 2 aromatic rings. The zero-order valence-electron chi connectivity index (χ0n) is 12.3. The van der Waals surface area contributed by atoms with Crippen LogP contribution in [0, 0.1) is 5.92 Å². The lowest BCUT2D eigenvalue weighted by Crippen LogP contribution is -2.34. The third kappa shape index (κ3) is 2.60. The van der Waals surface area contributed by atoms with Gasteiger partial charge in [0.25, 0.3) is 0 Å². The van der Waals surface area contributed by atoms with Crippen molar-refractivity contribution >= 4 is 11.0 Å². The number of benzene rings is 1. The molecular formula is C17H24N2O. The molecule has 1 aliphatic heterocycles. The highest BCUT2D eigenvalue weighted by Gasteiger charge is 2.21. The summed E-state index contributed by atoms with van der Waals surface area (Å²) < 4.78 is 6.04. The molecule has 2 heterocycles. The summed E-state index contributed by atoms with van der Waals surface area (Å²) in [6.07, 6.45) is 3.95. The van der Waals surface area contributed by atoms with Gasteiger partial charge in [0.15, 0.2) is 0 Å². The molecule has 1 fully saturated rings. The van der Waals surface area contributed by atoms with Gasteiger partial charge < -0.3 is 10.2 Å². The third-order valence-corrected chi connectivity index (χ3v) is 4.53. The Balaban J connectivity index is 1.83. The predicted molar refractivity (Wildman–Crippen MR) is 82.4 cm³/mol. The van der Waals surface area contributed by atoms with Crippen LogP contribution in [0.2, 0.25) is 0 Å². The first-order valence-electron chi connectivity index (χ1n) is 7.73. The molecule has 0 radical (unpaired) electrons. The molecule has 1 atom stereocenters. The SMILES string of the molecule is CCC1CCCN(Cc2oc3ccccc3c2CN)C1. The lowest BCUT2D eigenvalue weighted by molar-refractivity contribution is 0.155. The van der Waals surface area contributed by atoms with E-state index in [0.717, 1.165) is 23.8 Å². The maximum Gasteiger partial charge on any atom is 0.134 e. The summed E-state index contributed by atoms with van der Waals surface area (Å²) in [7, 11) is 0. The maximum absolute atomic E-state index is 6.04. The van der Waals surface area contributed by atoms with Gasteiger partial charge in [0, 0.05) is 24.0 Å². The Labute approximate surface area is 120 Å². The Morgan fingerprint density at radius 2 is 2.20 bits per heavy atom. The molecule has 2 N–H and O–H groups in total. The van der Waals surface area contributed by atoms with Gasteiger partial charge in [0.1, 0.15) is 11.3 Å². The van der Waals surface area contributed by atoms with Crippen LogP contribution >= 0.6 is 0 Å². The van der Waals surface area contributed by atoms with Gasteiger partial charge in [-0.1, -0.05) is 31.5 Å². The van der Waals surface area contributed by atoms with Gasteiger partial charge in [0.2, 0.25) is 0 Å². The number of piperidine rings is 1. The van der Waals surface area contributed by atoms with Crippen LogP contribution in [0.15, 0.2) is 28.7 Å². The Bertz CT molecular complexity index is 575. The van der Waals surface area contributed by atoms with Gasteiger partial charge in [0.05, 0.1) is 6.54 Å². The molecule has 0 saturated carbocycles. The first-order chi connectivity index (χ1) is 9.81. The van der Waals surface area contributed by atoms with E-state index < -0.39 is 0 Å². The second-order valence-electron chi connectivity index (χ2n) is 5.86. The fourth-order valence-electron chi connectivity index (χ4n) is 3.33. The molecule has 3 nitrogen and oxygen atoms in total. The largest absolute Gasteiger partial charge is 0.459 e. The Kier molecular flexibility index (Phi) is 4.08. The number of rotatable bonds is 4. The topological polar surface area (TPSA) is 42.4 Å². The van der Waals surface area contributed by atoms with Gasteiger partial charge >= 0.3 is 0 Å². The van der Waals surface area contributed by atoms with Crippen molar-refractivity contribution in [2.45, 2.75) is 39.3 Å². The van der Waals surface area contributed by atoms with E-state index >= 15 is 0 Å². The minimum absolute atomic E-state index is 0.553. The van der Waals surface area contributed by atoms with E-state index in [4.69, 9.17) is 10.2 Å². The molecule has 1 aliphatic rings. The number of nitrogens with zero attached hydrogens (tertiary/aromatic N) is 1. The van der Waals surface area contributed by atoms with Gasteiger partial charge in [-0.3, -0.25) is 4.90 Å². The quantitative estimate of drug-likeness (QED) is 0.926. The summed E-state index contributed by atoms with van der Waals surface area (Å²) in [6.45, 7) is 6.12. The number of para-hydroxylation sites is 1. The molecule has 1 unspecified atom stereocenters. The number of nitrogens with two attached hydrogens (primary N) is 1. The van der Waals surface area contributed by atoms with Crippen LogP contribution in [0.3, 0.4) is 0 Å². The van der Waals surface area contributed by atoms with E-state index in [1.807, 2.05) is 12.1 Å². The molecule has 3 heteroatoms. The van der Waals surface area contributed by atoms with Crippen molar-refractivity contribution in [3.05, 3.63) is 35.6 Å². The van der Waals surface area contributed by atoms with Crippen LogP contribution in [0.4, 0.5) is 0 Å². The molecule has 0 aliphatic carbocycles. The highest BCUT2D eigenvalue weighted by Crippen LogP contribution is 2.28. The van der Waals surface area contributed by atoms with E-state index in [-0.39, 0.29) is 0 Å².